The lowest BCUT2D eigenvalue weighted by Crippen LogP contribution is -2.55. The summed E-state index contributed by atoms with van der Waals surface area (Å²) in [7, 11) is 0. The molecule has 2 aromatic heterocycles. The predicted octanol–water partition coefficient (Wildman–Crippen LogP) is 13.3. The molecule has 13 rings (SSSR count). The summed E-state index contributed by atoms with van der Waals surface area (Å²) in [6.07, 6.45) is 8.93. The quantitative estimate of drug-likeness (QED) is 0.182. The van der Waals surface area contributed by atoms with Gasteiger partial charge in [0, 0.05) is 37.2 Å². The Morgan fingerprint density at radius 2 is 1.18 bits per heavy atom. The maximum atomic E-state index is 4.60. The molecule has 0 amide bonds. The minimum absolute atomic E-state index is 0.129. The molecule has 0 saturated heterocycles. The van der Waals surface area contributed by atoms with Gasteiger partial charge in [0.2, 0.25) is 0 Å². The smallest absolute Gasteiger partial charge is 0.0708 e. The minimum atomic E-state index is 0.129. The van der Waals surface area contributed by atoms with E-state index in [-0.39, 0.29) is 5.41 Å². The topological polar surface area (TPSA) is 12.9 Å². The number of aromatic nitrogens is 1. The zero-order valence-corrected chi connectivity index (χ0v) is 29.3. The maximum absolute atomic E-state index is 4.60. The third-order valence-electron chi connectivity index (χ3n) is 13.5. The summed E-state index contributed by atoms with van der Waals surface area (Å²) in [6, 6.07) is 50.9. The van der Waals surface area contributed by atoms with Crippen LogP contribution in [-0.4, -0.2) is 4.98 Å². The van der Waals surface area contributed by atoms with Gasteiger partial charge in [-0.25, -0.2) is 0 Å². The van der Waals surface area contributed by atoms with Crippen molar-refractivity contribution in [1.82, 2.24) is 4.98 Å². The summed E-state index contributed by atoms with van der Waals surface area (Å²) in [5.41, 5.74) is 15.2. The van der Waals surface area contributed by atoms with Crippen molar-refractivity contribution in [1.29, 1.82) is 0 Å². The highest BCUT2D eigenvalue weighted by Crippen LogP contribution is 2.69. The van der Waals surface area contributed by atoms with Crippen LogP contribution in [-0.2, 0) is 5.41 Å². The molecule has 4 bridgehead atoms. The summed E-state index contributed by atoms with van der Waals surface area (Å²) in [5.74, 6) is 3.33. The van der Waals surface area contributed by atoms with Crippen molar-refractivity contribution in [3.8, 4) is 44.5 Å². The fraction of sp³-hybridized carbons (Fsp3) is 0.204. The van der Waals surface area contributed by atoms with Gasteiger partial charge in [0.1, 0.15) is 0 Å². The fourth-order valence-electron chi connectivity index (χ4n) is 11.8. The summed E-state index contributed by atoms with van der Waals surface area (Å²) in [4.78, 5) is 4.60. The zero-order valence-electron chi connectivity index (χ0n) is 28.5. The Balaban J connectivity index is 1.02. The highest BCUT2D eigenvalue weighted by atomic mass is 32.1. The van der Waals surface area contributed by atoms with E-state index >= 15 is 0 Å². The highest BCUT2D eigenvalue weighted by Gasteiger charge is 2.61. The Morgan fingerprint density at radius 3 is 2.04 bits per heavy atom. The van der Waals surface area contributed by atoms with Crippen LogP contribution < -0.4 is 0 Å². The van der Waals surface area contributed by atoms with Crippen LogP contribution in [0.1, 0.15) is 43.2 Å². The van der Waals surface area contributed by atoms with Crippen molar-refractivity contribution in [2.24, 2.45) is 23.7 Å². The first-order valence-electron chi connectivity index (χ1n) is 18.9. The van der Waals surface area contributed by atoms with Gasteiger partial charge in [-0.1, -0.05) is 97.1 Å². The van der Waals surface area contributed by atoms with Gasteiger partial charge in [-0.15, -0.1) is 11.3 Å². The van der Waals surface area contributed by atoms with Crippen LogP contribution in [0.2, 0.25) is 0 Å². The van der Waals surface area contributed by atoms with Crippen molar-refractivity contribution >= 4 is 42.4 Å². The minimum Gasteiger partial charge on any atom is -0.256 e. The molecule has 0 radical (unpaired) electrons. The molecule has 0 N–H and O–H groups in total. The number of rotatable bonds is 3. The Labute approximate surface area is 302 Å². The van der Waals surface area contributed by atoms with Crippen molar-refractivity contribution < 1.29 is 0 Å². The molecule has 0 unspecified atom stereocenters. The van der Waals surface area contributed by atoms with E-state index in [1.807, 2.05) is 23.6 Å². The van der Waals surface area contributed by atoms with Crippen LogP contribution in [0.15, 0.2) is 140 Å². The van der Waals surface area contributed by atoms with Gasteiger partial charge in [-0.2, -0.15) is 0 Å². The van der Waals surface area contributed by atoms with E-state index in [4.69, 9.17) is 0 Å². The van der Waals surface area contributed by atoms with Gasteiger partial charge in [0.05, 0.1) is 5.52 Å². The van der Waals surface area contributed by atoms with E-state index in [1.54, 1.807) is 11.1 Å². The Hall–Kier alpha value is -5.05. The summed E-state index contributed by atoms with van der Waals surface area (Å²) < 4.78 is 2.74. The second kappa shape index (κ2) is 10.5. The molecule has 5 aliphatic carbocycles. The lowest BCUT2D eigenvalue weighted by Gasteiger charge is -2.61. The van der Waals surface area contributed by atoms with Crippen LogP contribution in [0.5, 0.6) is 0 Å². The molecule has 2 heteroatoms. The van der Waals surface area contributed by atoms with Crippen molar-refractivity contribution in [2.45, 2.75) is 37.5 Å². The second-order valence-electron chi connectivity index (χ2n) is 15.9. The van der Waals surface area contributed by atoms with Gasteiger partial charge in [0.25, 0.3) is 0 Å². The van der Waals surface area contributed by atoms with E-state index in [0.29, 0.717) is 0 Å². The number of hydrogen-bond acceptors (Lipinski definition) is 2. The molecular formula is C49H37NS. The first-order valence-corrected chi connectivity index (χ1v) is 19.7. The van der Waals surface area contributed by atoms with Crippen LogP contribution >= 0.6 is 11.3 Å². The molecule has 8 aromatic rings. The van der Waals surface area contributed by atoms with E-state index in [2.05, 4.69) is 132 Å². The molecule has 0 atom stereocenters. The van der Waals surface area contributed by atoms with E-state index in [0.717, 1.165) is 29.2 Å². The average molecular weight is 672 g/mol. The Kier molecular flexibility index (Phi) is 5.89. The SMILES string of the molecule is c1cc(-c2ccc(-c3ccc4c(c3)C3(c5ccc(-c6cccc7sc8ccccc8c67)cc5-4)C4CC5CC(C4)CC3C5)cc2)c2cccnc2c1. The molecule has 2 heterocycles. The molecule has 4 saturated carbocycles. The average Bonchev–Trinajstić information content (AvgIpc) is 3.70. The molecule has 1 spiro atoms. The number of nitrogens with zero attached hydrogens (tertiary/aromatic N) is 1. The number of benzene rings is 6. The number of hydrogen-bond donors (Lipinski definition) is 0. The molecule has 1 nitrogen and oxygen atoms in total. The zero-order chi connectivity index (χ0) is 33.3. The van der Waals surface area contributed by atoms with Crippen LogP contribution in [0.4, 0.5) is 0 Å². The largest absolute Gasteiger partial charge is 0.256 e. The molecule has 5 aliphatic rings. The summed E-state index contributed by atoms with van der Waals surface area (Å²) >= 11 is 1.91. The molecule has 4 fully saturated rings. The van der Waals surface area contributed by atoms with Gasteiger partial charge < -0.3 is 0 Å². The second-order valence-corrected chi connectivity index (χ2v) is 17.0. The van der Waals surface area contributed by atoms with Gasteiger partial charge >= 0.3 is 0 Å². The van der Waals surface area contributed by atoms with Gasteiger partial charge in [-0.05, 0) is 148 Å². The molecule has 51 heavy (non-hydrogen) atoms. The number of pyridine rings is 1. The van der Waals surface area contributed by atoms with Gasteiger partial charge in [0.15, 0.2) is 0 Å². The third kappa shape index (κ3) is 3.95. The van der Waals surface area contributed by atoms with E-state index < -0.39 is 0 Å². The normalized spacial score (nSPS) is 24.2. The van der Waals surface area contributed by atoms with Crippen molar-refractivity contribution in [3.63, 3.8) is 0 Å². The molecule has 244 valence electrons. The lowest BCUT2D eigenvalue weighted by molar-refractivity contribution is -0.0399. The maximum Gasteiger partial charge on any atom is 0.0708 e. The summed E-state index contributed by atoms with van der Waals surface area (Å²) in [6.45, 7) is 0. The van der Waals surface area contributed by atoms with Crippen molar-refractivity contribution in [2.75, 3.05) is 0 Å². The van der Waals surface area contributed by atoms with Crippen LogP contribution in [0.25, 0.3) is 75.6 Å². The van der Waals surface area contributed by atoms with Crippen LogP contribution in [0.3, 0.4) is 0 Å². The Morgan fingerprint density at radius 1 is 0.471 bits per heavy atom. The first kappa shape index (κ1) is 28.6. The predicted molar refractivity (Wildman–Crippen MR) is 214 cm³/mol. The standard InChI is InChI=1S/C49H37NS/c1-2-11-46-41(6-1)48-38(8-4-12-47(48)51-46)34-18-20-43-42(27-34)39-19-17-33(28-44(39)49(43)35-23-29-22-30(25-35)26-36(49)24-29)31-13-15-32(16-14-31)37-7-3-10-45-40(37)9-5-21-50-45/h1-21,27-30,35-36H,22-26H2. The lowest BCUT2D eigenvalue weighted by atomic mass is 9.43. The number of fused-ring (bicyclic) bond motifs is 7. The van der Waals surface area contributed by atoms with Crippen LogP contribution in [0, 0.1) is 23.7 Å². The summed E-state index contributed by atoms with van der Waals surface area (Å²) in [5, 5.41) is 3.98. The Bertz CT molecular complexity index is 2680. The van der Waals surface area contributed by atoms with Crippen molar-refractivity contribution in [3.05, 3.63) is 151 Å². The fourth-order valence-corrected chi connectivity index (χ4v) is 12.9. The number of thiophene rings is 1. The van der Waals surface area contributed by atoms with E-state index in [9.17, 15) is 0 Å². The third-order valence-corrected chi connectivity index (χ3v) is 14.7. The monoisotopic (exact) mass is 671 g/mol. The molecule has 0 aliphatic heterocycles. The highest BCUT2D eigenvalue weighted by molar-refractivity contribution is 7.25. The molecule has 6 aromatic carbocycles. The first-order chi connectivity index (χ1) is 25.2. The van der Waals surface area contributed by atoms with E-state index in [1.165, 1.54) is 102 Å². The van der Waals surface area contributed by atoms with Gasteiger partial charge in [-0.3, -0.25) is 4.98 Å². The molecular weight excluding hydrogens is 635 g/mol.